The summed E-state index contributed by atoms with van der Waals surface area (Å²) in [6.45, 7) is 1.87. The van der Waals surface area contributed by atoms with Crippen molar-refractivity contribution in [1.82, 2.24) is 14.8 Å². The molecule has 0 radical (unpaired) electrons. The fourth-order valence-corrected chi connectivity index (χ4v) is 3.71. The normalized spacial score (nSPS) is 17.8. The Kier molecular flexibility index (Phi) is 4.22. The zero-order valence-electron chi connectivity index (χ0n) is 14.0. The number of thioether (sulfide) groups is 1. The van der Waals surface area contributed by atoms with E-state index in [1.54, 1.807) is 24.3 Å². The van der Waals surface area contributed by atoms with Crippen LogP contribution in [0.4, 0.5) is 5.69 Å². The lowest BCUT2D eigenvalue weighted by Gasteiger charge is -2.13. The first-order valence-electron chi connectivity index (χ1n) is 8.58. The highest BCUT2D eigenvalue weighted by Gasteiger charge is 2.37. The number of aromatic nitrogens is 3. The first-order valence-corrected chi connectivity index (χ1v) is 9.46. The molecule has 1 amide bonds. The van der Waals surface area contributed by atoms with Gasteiger partial charge in [0.1, 0.15) is 5.82 Å². The molecule has 1 aromatic heterocycles. The molecule has 0 unspecified atom stereocenters. The van der Waals surface area contributed by atoms with Crippen LogP contribution < -0.4 is 5.32 Å². The molecule has 0 aliphatic heterocycles. The average molecular weight is 353 g/mol. The molecule has 128 valence electrons. The smallest absolute Gasteiger partial charge is 0.237 e. The molecule has 2 saturated carbocycles. The number of carbonyl (C=O) groups is 1. The number of anilines is 1. The number of amides is 1. The molecular formula is C18H19N5OS. The van der Waals surface area contributed by atoms with E-state index in [1.807, 2.05) is 6.92 Å². The van der Waals surface area contributed by atoms with Crippen molar-refractivity contribution in [3.8, 4) is 6.07 Å². The minimum absolute atomic E-state index is 0.0987. The molecule has 2 fully saturated rings. The van der Waals surface area contributed by atoms with E-state index in [0.29, 0.717) is 23.2 Å². The van der Waals surface area contributed by atoms with Crippen molar-refractivity contribution < 1.29 is 4.79 Å². The van der Waals surface area contributed by atoms with Gasteiger partial charge in [-0.05, 0) is 50.8 Å². The van der Waals surface area contributed by atoms with E-state index in [0.717, 1.165) is 11.0 Å². The third-order valence-corrected chi connectivity index (χ3v) is 5.51. The van der Waals surface area contributed by atoms with Crippen molar-refractivity contribution in [1.29, 1.82) is 5.26 Å². The molecule has 25 heavy (non-hydrogen) atoms. The molecule has 7 heteroatoms. The van der Waals surface area contributed by atoms with Crippen LogP contribution in [0.15, 0.2) is 29.4 Å². The maximum absolute atomic E-state index is 12.5. The van der Waals surface area contributed by atoms with Crippen LogP contribution in [0.3, 0.4) is 0 Å². The SMILES string of the molecule is C[C@H](Sc1nnc(C2CC2)n1C1CC1)C(=O)Nc1cccc(C#N)c1. The highest BCUT2D eigenvalue weighted by Crippen LogP contribution is 2.46. The molecule has 2 aliphatic rings. The minimum atomic E-state index is -0.292. The van der Waals surface area contributed by atoms with E-state index >= 15 is 0 Å². The number of nitrogens with one attached hydrogen (secondary N) is 1. The first kappa shape index (κ1) is 16.2. The average Bonchev–Trinajstić information content (AvgIpc) is 3.54. The molecule has 2 aromatic rings. The van der Waals surface area contributed by atoms with Crippen LogP contribution in [0, 0.1) is 11.3 Å². The maximum Gasteiger partial charge on any atom is 0.237 e. The standard InChI is InChI=1S/C18H19N5OS/c1-11(17(24)20-14-4-2-3-12(9-14)10-19)25-18-22-21-16(13-5-6-13)23(18)15-7-8-15/h2-4,9,11,13,15H,5-8H2,1H3,(H,20,24)/t11-/m0/s1. The summed E-state index contributed by atoms with van der Waals surface area (Å²) in [5, 5.41) is 21.1. The van der Waals surface area contributed by atoms with Gasteiger partial charge in [0, 0.05) is 17.6 Å². The fourth-order valence-electron chi connectivity index (χ4n) is 2.79. The number of nitrogens with zero attached hydrogens (tertiary/aromatic N) is 4. The molecule has 1 heterocycles. The molecule has 1 aromatic carbocycles. The summed E-state index contributed by atoms with van der Waals surface area (Å²) in [6.07, 6.45) is 4.74. The third kappa shape index (κ3) is 3.54. The monoisotopic (exact) mass is 353 g/mol. The molecular weight excluding hydrogens is 334 g/mol. The lowest BCUT2D eigenvalue weighted by atomic mass is 10.2. The highest BCUT2D eigenvalue weighted by atomic mass is 32.2. The Balaban J connectivity index is 1.45. The summed E-state index contributed by atoms with van der Waals surface area (Å²) in [4.78, 5) is 12.5. The zero-order valence-corrected chi connectivity index (χ0v) is 14.8. The molecule has 4 rings (SSSR count). The van der Waals surface area contributed by atoms with Crippen molar-refractivity contribution in [2.24, 2.45) is 0 Å². The minimum Gasteiger partial charge on any atom is -0.325 e. The summed E-state index contributed by atoms with van der Waals surface area (Å²) in [7, 11) is 0. The van der Waals surface area contributed by atoms with Gasteiger partial charge in [0.15, 0.2) is 5.16 Å². The summed E-state index contributed by atoms with van der Waals surface area (Å²) in [5.74, 6) is 1.55. The van der Waals surface area contributed by atoms with Crippen LogP contribution in [0.1, 0.15) is 56.0 Å². The van der Waals surface area contributed by atoms with Crippen LogP contribution >= 0.6 is 11.8 Å². The molecule has 0 spiro atoms. The van der Waals surface area contributed by atoms with Gasteiger partial charge < -0.3 is 9.88 Å². The predicted octanol–water partition coefficient (Wildman–Crippen LogP) is 3.48. The van der Waals surface area contributed by atoms with Gasteiger partial charge in [-0.15, -0.1) is 10.2 Å². The number of nitriles is 1. The van der Waals surface area contributed by atoms with Crippen LogP contribution in [0.5, 0.6) is 0 Å². The van der Waals surface area contributed by atoms with Crippen LogP contribution in [0.2, 0.25) is 0 Å². The Morgan fingerprint density at radius 3 is 2.84 bits per heavy atom. The van der Waals surface area contributed by atoms with Gasteiger partial charge in [-0.25, -0.2) is 0 Å². The Morgan fingerprint density at radius 2 is 2.16 bits per heavy atom. The van der Waals surface area contributed by atoms with Gasteiger partial charge in [-0.1, -0.05) is 17.8 Å². The van der Waals surface area contributed by atoms with Crippen LogP contribution in [0.25, 0.3) is 0 Å². The fraction of sp³-hybridized carbons (Fsp3) is 0.444. The van der Waals surface area contributed by atoms with Gasteiger partial charge in [0.05, 0.1) is 16.9 Å². The number of hydrogen-bond donors (Lipinski definition) is 1. The molecule has 1 atom stereocenters. The predicted molar refractivity (Wildman–Crippen MR) is 95.4 cm³/mol. The quantitative estimate of drug-likeness (QED) is 0.804. The largest absolute Gasteiger partial charge is 0.325 e. The van der Waals surface area contributed by atoms with E-state index < -0.39 is 0 Å². The van der Waals surface area contributed by atoms with E-state index in [9.17, 15) is 4.79 Å². The van der Waals surface area contributed by atoms with Crippen LogP contribution in [-0.4, -0.2) is 25.9 Å². The highest BCUT2D eigenvalue weighted by molar-refractivity contribution is 8.00. The summed E-state index contributed by atoms with van der Waals surface area (Å²) >= 11 is 1.45. The Labute approximate surface area is 150 Å². The van der Waals surface area contributed by atoms with Crippen molar-refractivity contribution in [3.05, 3.63) is 35.7 Å². The second kappa shape index (κ2) is 6.52. The van der Waals surface area contributed by atoms with Gasteiger partial charge in [-0.2, -0.15) is 5.26 Å². The van der Waals surface area contributed by atoms with E-state index in [4.69, 9.17) is 5.26 Å². The van der Waals surface area contributed by atoms with E-state index in [2.05, 4.69) is 26.2 Å². The second-order valence-electron chi connectivity index (χ2n) is 6.66. The maximum atomic E-state index is 12.5. The lowest BCUT2D eigenvalue weighted by Crippen LogP contribution is -2.23. The van der Waals surface area contributed by atoms with Crippen molar-refractivity contribution >= 4 is 23.4 Å². The third-order valence-electron chi connectivity index (χ3n) is 4.46. The number of benzene rings is 1. The van der Waals surface area contributed by atoms with Crippen molar-refractivity contribution in [2.45, 2.75) is 55.0 Å². The van der Waals surface area contributed by atoms with Gasteiger partial charge in [0.2, 0.25) is 5.91 Å². The number of rotatable bonds is 6. The number of hydrogen-bond acceptors (Lipinski definition) is 5. The lowest BCUT2D eigenvalue weighted by molar-refractivity contribution is -0.115. The van der Waals surface area contributed by atoms with Gasteiger partial charge in [-0.3, -0.25) is 4.79 Å². The Bertz CT molecular complexity index is 847. The Morgan fingerprint density at radius 1 is 1.36 bits per heavy atom. The first-order chi connectivity index (χ1) is 12.2. The summed E-state index contributed by atoms with van der Waals surface area (Å²) in [6, 6.07) is 9.52. The van der Waals surface area contributed by atoms with Gasteiger partial charge >= 0.3 is 0 Å². The molecule has 0 saturated heterocycles. The zero-order chi connectivity index (χ0) is 17.4. The Hall–Kier alpha value is -2.33. The van der Waals surface area contributed by atoms with Crippen molar-refractivity contribution in [2.75, 3.05) is 5.32 Å². The summed E-state index contributed by atoms with van der Waals surface area (Å²) < 4.78 is 2.25. The van der Waals surface area contributed by atoms with Crippen molar-refractivity contribution in [3.63, 3.8) is 0 Å². The molecule has 1 N–H and O–H groups in total. The van der Waals surface area contributed by atoms with Gasteiger partial charge in [0.25, 0.3) is 0 Å². The number of carbonyl (C=O) groups excluding carboxylic acids is 1. The van der Waals surface area contributed by atoms with E-state index in [1.165, 1.54) is 37.4 Å². The summed E-state index contributed by atoms with van der Waals surface area (Å²) in [5.41, 5.74) is 1.17. The topological polar surface area (TPSA) is 83.6 Å². The van der Waals surface area contributed by atoms with Crippen LogP contribution in [-0.2, 0) is 4.79 Å². The molecule has 2 aliphatic carbocycles. The second-order valence-corrected chi connectivity index (χ2v) is 7.97. The molecule has 6 nitrogen and oxygen atoms in total. The van der Waals surface area contributed by atoms with E-state index in [-0.39, 0.29) is 11.2 Å². The molecule has 0 bridgehead atoms.